The van der Waals surface area contributed by atoms with Crippen LogP contribution in [0.2, 0.25) is 0 Å². The predicted octanol–water partition coefficient (Wildman–Crippen LogP) is 13.1. The van der Waals surface area contributed by atoms with E-state index in [1.54, 1.807) is 0 Å². The van der Waals surface area contributed by atoms with Crippen molar-refractivity contribution in [2.75, 3.05) is 0 Å². The van der Waals surface area contributed by atoms with Crippen molar-refractivity contribution in [1.29, 1.82) is 0 Å². The molecule has 0 aliphatic heterocycles. The van der Waals surface area contributed by atoms with Crippen molar-refractivity contribution in [3.63, 3.8) is 0 Å². The van der Waals surface area contributed by atoms with Gasteiger partial charge in [0.05, 0.1) is 22.1 Å². The van der Waals surface area contributed by atoms with Crippen LogP contribution < -0.4 is 0 Å². The highest BCUT2D eigenvalue weighted by Crippen LogP contribution is 2.41. The molecule has 3 aromatic heterocycles. The molecule has 0 aliphatic carbocycles. The maximum Gasteiger partial charge on any atom is 0.136 e. The second kappa shape index (κ2) is 10.8. The molecule has 11 rings (SSSR count). The van der Waals surface area contributed by atoms with Gasteiger partial charge in [-0.1, -0.05) is 121 Å². The Bertz CT molecular complexity index is 3100. The molecule has 8 aromatic carbocycles. The van der Waals surface area contributed by atoms with Gasteiger partial charge in [0.2, 0.25) is 0 Å². The van der Waals surface area contributed by atoms with Crippen molar-refractivity contribution in [2.45, 2.75) is 0 Å². The molecule has 3 heteroatoms. The van der Waals surface area contributed by atoms with Crippen LogP contribution in [-0.4, -0.2) is 9.13 Å². The van der Waals surface area contributed by atoms with Gasteiger partial charge >= 0.3 is 0 Å². The Balaban J connectivity index is 1.00. The summed E-state index contributed by atoms with van der Waals surface area (Å²) in [7, 11) is 0. The van der Waals surface area contributed by atoms with Crippen LogP contribution in [0.1, 0.15) is 0 Å². The third-order valence-electron chi connectivity index (χ3n) is 10.5. The molecule has 238 valence electrons. The van der Waals surface area contributed by atoms with Crippen molar-refractivity contribution in [2.24, 2.45) is 0 Å². The quantitative estimate of drug-likeness (QED) is 0.186. The summed E-state index contributed by atoms with van der Waals surface area (Å²) in [5.41, 5.74) is 13.7. The molecule has 0 unspecified atom stereocenters. The van der Waals surface area contributed by atoms with E-state index in [1.807, 2.05) is 6.07 Å². The second-order valence-electron chi connectivity index (χ2n) is 13.3. The van der Waals surface area contributed by atoms with Gasteiger partial charge in [-0.05, 0) is 82.9 Å². The lowest BCUT2D eigenvalue weighted by atomic mass is 10.0. The highest BCUT2D eigenvalue weighted by Gasteiger charge is 2.19. The zero-order chi connectivity index (χ0) is 33.5. The lowest BCUT2D eigenvalue weighted by molar-refractivity contribution is 0.669. The molecule has 0 radical (unpaired) electrons. The van der Waals surface area contributed by atoms with Crippen LogP contribution in [0.25, 0.3) is 99.2 Å². The predicted molar refractivity (Wildman–Crippen MR) is 213 cm³/mol. The first-order valence-corrected chi connectivity index (χ1v) is 17.4. The molecular weight excluding hydrogens is 621 g/mol. The molecule has 0 saturated heterocycles. The maximum atomic E-state index is 6.28. The van der Waals surface area contributed by atoms with Crippen molar-refractivity contribution in [1.82, 2.24) is 9.13 Å². The zero-order valence-electron chi connectivity index (χ0n) is 27.6. The summed E-state index contributed by atoms with van der Waals surface area (Å²) in [6.45, 7) is 0. The molecule has 0 spiro atoms. The molecule has 51 heavy (non-hydrogen) atoms. The number of hydrogen-bond donors (Lipinski definition) is 0. The fourth-order valence-electron chi connectivity index (χ4n) is 8.22. The fourth-order valence-corrected chi connectivity index (χ4v) is 8.22. The van der Waals surface area contributed by atoms with Gasteiger partial charge in [0.15, 0.2) is 0 Å². The molecule has 11 aromatic rings. The molecule has 0 aliphatic rings. The molecule has 0 amide bonds. The van der Waals surface area contributed by atoms with E-state index in [2.05, 4.69) is 185 Å². The van der Waals surface area contributed by atoms with Crippen molar-refractivity contribution >= 4 is 65.6 Å². The number of aromatic nitrogens is 2. The van der Waals surface area contributed by atoms with E-state index in [1.165, 1.54) is 71.3 Å². The third kappa shape index (κ3) is 4.19. The Hall–Kier alpha value is -6.84. The van der Waals surface area contributed by atoms with Crippen LogP contribution >= 0.6 is 0 Å². The lowest BCUT2D eigenvalue weighted by Gasteiger charge is -2.11. The number of para-hydroxylation sites is 3. The van der Waals surface area contributed by atoms with Crippen LogP contribution in [0.3, 0.4) is 0 Å². The van der Waals surface area contributed by atoms with Crippen LogP contribution in [0.5, 0.6) is 0 Å². The molecule has 3 nitrogen and oxygen atoms in total. The summed E-state index contributed by atoms with van der Waals surface area (Å²) in [6.07, 6.45) is 0. The van der Waals surface area contributed by atoms with E-state index in [4.69, 9.17) is 4.42 Å². The minimum atomic E-state index is 0.919. The van der Waals surface area contributed by atoms with E-state index >= 15 is 0 Å². The first kappa shape index (κ1) is 28.0. The van der Waals surface area contributed by atoms with Gasteiger partial charge in [0.25, 0.3) is 0 Å². The molecule has 0 atom stereocenters. The smallest absolute Gasteiger partial charge is 0.136 e. The van der Waals surface area contributed by atoms with E-state index in [-0.39, 0.29) is 0 Å². The van der Waals surface area contributed by atoms with Crippen LogP contribution in [0, 0.1) is 0 Å². The average Bonchev–Trinajstić information content (AvgIpc) is 3.86. The number of furan rings is 1. The number of hydrogen-bond acceptors (Lipinski definition) is 1. The number of fused-ring (bicyclic) bond motifs is 10. The summed E-state index contributed by atoms with van der Waals surface area (Å²) in [4.78, 5) is 0. The van der Waals surface area contributed by atoms with Gasteiger partial charge in [0.1, 0.15) is 11.2 Å². The minimum Gasteiger partial charge on any atom is -0.456 e. The normalized spacial score (nSPS) is 11.9. The SMILES string of the molecule is c1ccc(-c2ccc3c4ccccc4n(-c4ccc(-c5ccc(-n6c7ccccc7c7c8c(ccc76)oc6ccccc68)cc5)cc4)c3c2)cc1. The van der Waals surface area contributed by atoms with Gasteiger partial charge in [-0.15, -0.1) is 0 Å². The van der Waals surface area contributed by atoms with Gasteiger partial charge in [-0.2, -0.15) is 0 Å². The van der Waals surface area contributed by atoms with E-state index in [0.29, 0.717) is 0 Å². The van der Waals surface area contributed by atoms with Crippen molar-refractivity contribution in [3.8, 4) is 33.6 Å². The Morgan fingerprint density at radius 3 is 1.55 bits per heavy atom. The van der Waals surface area contributed by atoms with Gasteiger partial charge < -0.3 is 13.6 Å². The van der Waals surface area contributed by atoms with Crippen LogP contribution in [-0.2, 0) is 0 Å². The Labute approximate surface area is 293 Å². The Morgan fingerprint density at radius 1 is 0.294 bits per heavy atom. The lowest BCUT2D eigenvalue weighted by Crippen LogP contribution is -1.95. The first-order chi connectivity index (χ1) is 25.3. The molecule has 0 bridgehead atoms. The number of nitrogens with zero attached hydrogens (tertiary/aromatic N) is 2. The molecule has 0 N–H and O–H groups in total. The van der Waals surface area contributed by atoms with Crippen LogP contribution in [0.15, 0.2) is 186 Å². The van der Waals surface area contributed by atoms with E-state index < -0.39 is 0 Å². The van der Waals surface area contributed by atoms with Gasteiger partial charge in [-0.25, -0.2) is 0 Å². The van der Waals surface area contributed by atoms with Crippen LogP contribution in [0.4, 0.5) is 0 Å². The Morgan fingerprint density at radius 2 is 0.824 bits per heavy atom. The Kier molecular flexibility index (Phi) is 5.96. The summed E-state index contributed by atoms with van der Waals surface area (Å²) in [5, 5.41) is 7.31. The standard InChI is InChI=1S/C48H30N2O/c1-2-10-31(11-3-1)34-22-27-38-37-12-4-7-15-41(37)50(44(38)30-34)36-25-20-33(21-26-36)32-18-23-35(24-19-32)49-42-16-8-5-13-39(42)47-43(49)28-29-46-48(47)40-14-6-9-17-45(40)51-46/h1-30H. The highest BCUT2D eigenvalue weighted by atomic mass is 16.3. The highest BCUT2D eigenvalue weighted by molar-refractivity contribution is 6.27. The van der Waals surface area contributed by atoms with Gasteiger partial charge in [0, 0.05) is 43.7 Å². The summed E-state index contributed by atoms with van der Waals surface area (Å²) in [6, 6.07) is 65.4. The van der Waals surface area contributed by atoms with E-state index in [0.717, 1.165) is 27.9 Å². The molecule has 3 heterocycles. The molecular formula is C48H30N2O. The van der Waals surface area contributed by atoms with Gasteiger partial charge in [-0.3, -0.25) is 0 Å². The second-order valence-corrected chi connectivity index (χ2v) is 13.3. The summed E-state index contributed by atoms with van der Waals surface area (Å²) in [5.74, 6) is 0. The summed E-state index contributed by atoms with van der Waals surface area (Å²) < 4.78 is 11.1. The molecule has 0 fully saturated rings. The topological polar surface area (TPSA) is 23.0 Å². The minimum absolute atomic E-state index is 0.919. The van der Waals surface area contributed by atoms with Crippen molar-refractivity contribution < 1.29 is 4.42 Å². The fraction of sp³-hybridized carbons (Fsp3) is 0. The third-order valence-corrected chi connectivity index (χ3v) is 10.5. The number of rotatable bonds is 4. The first-order valence-electron chi connectivity index (χ1n) is 17.4. The zero-order valence-corrected chi connectivity index (χ0v) is 27.6. The monoisotopic (exact) mass is 650 g/mol. The largest absolute Gasteiger partial charge is 0.456 e. The molecule has 0 saturated carbocycles. The summed E-state index contributed by atoms with van der Waals surface area (Å²) >= 11 is 0. The number of benzene rings is 8. The maximum absolute atomic E-state index is 6.28. The van der Waals surface area contributed by atoms with Crippen molar-refractivity contribution in [3.05, 3.63) is 182 Å². The average molecular weight is 651 g/mol. The van der Waals surface area contributed by atoms with E-state index in [9.17, 15) is 0 Å².